The van der Waals surface area contributed by atoms with Gasteiger partial charge >= 0.3 is 11.9 Å². The Hall–Kier alpha value is -4.99. The summed E-state index contributed by atoms with van der Waals surface area (Å²) in [5, 5.41) is 59.7. The van der Waals surface area contributed by atoms with Gasteiger partial charge in [0.05, 0.1) is 31.2 Å². The summed E-state index contributed by atoms with van der Waals surface area (Å²) in [6.07, 6.45) is -0.406. The van der Waals surface area contributed by atoms with Gasteiger partial charge in [0.2, 0.25) is 0 Å². The van der Waals surface area contributed by atoms with Crippen LogP contribution in [-0.2, 0) is 51.4 Å². The van der Waals surface area contributed by atoms with Crippen molar-refractivity contribution in [2.75, 3.05) is 11.9 Å². The molecule has 11 nitrogen and oxygen atoms in total. The van der Waals surface area contributed by atoms with Crippen molar-refractivity contribution in [3.8, 4) is 23.3 Å². The van der Waals surface area contributed by atoms with E-state index in [1.165, 1.54) is 6.07 Å². The van der Waals surface area contributed by atoms with Gasteiger partial charge < -0.3 is 40.3 Å². The SMILES string of the molecule is CC(O)CNc1cc(CO)cc(C2C#CC3CC(=O)Oc4cc(O)c(cc43)CC3OC(=O)C(=C4CCc5ccc(cc5CC4O)CC4CC(CCC4=O)C3(C)O)C2)c1. The van der Waals surface area contributed by atoms with Crippen molar-refractivity contribution in [1.82, 2.24) is 0 Å². The Morgan fingerprint density at radius 1 is 0.914 bits per heavy atom. The van der Waals surface area contributed by atoms with Crippen molar-refractivity contribution in [3.63, 3.8) is 0 Å². The number of aliphatic hydroxyl groups is 4. The topological polar surface area (TPSA) is 183 Å². The largest absolute Gasteiger partial charge is 0.508 e. The van der Waals surface area contributed by atoms with Crippen LogP contribution in [0.1, 0.15) is 103 Å². The first-order valence-corrected chi connectivity index (χ1v) is 20.5. The molecule has 3 heterocycles. The molecule has 8 unspecified atom stereocenters. The Labute approximate surface area is 338 Å². The third kappa shape index (κ3) is 8.03. The second-order valence-electron chi connectivity index (χ2n) is 17.1. The van der Waals surface area contributed by atoms with Crippen LogP contribution < -0.4 is 10.1 Å². The molecule has 3 aliphatic heterocycles. The quantitative estimate of drug-likeness (QED) is 0.118. The van der Waals surface area contributed by atoms with Crippen molar-refractivity contribution >= 4 is 23.4 Å². The summed E-state index contributed by atoms with van der Waals surface area (Å²) in [6, 6.07) is 14.7. The van der Waals surface area contributed by atoms with Crippen molar-refractivity contribution < 1.29 is 49.4 Å². The third-order valence-corrected chi connectivity index (χ3v) is 13.0. The summed E-state index contributed by atoms with van der Waals surface area (Å²) >= 11 is 0. The molecule has 3 aromatic carbocycles. The smallest absolute Gasteiger partial charge is 0.334 e. The van der Waals surface area contributed by atoms with Crippen LogP contribution in [0, 0.1) is 23.7 Å². The lowest BCUT2D eigenvalue weighted by molar-refractivity contribution is -0.170. The number of aromatic hydroxyl groups is 1. The van der Waals surface area contributed by atoms with Crippen LogP contribution in [0.3, 0.4) is 0 Å². The molecule has 1 saturated carbocycles. The van der Waals surface area contributed by atoms with Gasteiger partial charge in [-0.1, -0.05) is 36.1 Å². The van der Waals surface area contributed by atoms with Gasteiger partial charge in [0.25, 0.3) is 0 Å². The second-order valence-corrected chi connectivity index (χ2v) is 17.1. The summed E-state index contributed by atoms with van der Waals surface area (Å²) in [7, 11) is 0. The fraction of sp³-hybridized carbons (Fsp3) is 0.468. The number of hydrogen-bond acceptors (Lipinski definition) is 11. The molecule has 58 heavy (non-hydrogen) atoms. The number of aliphatic hydroxyl groups excluding tert-OH is 3. The summed E-state index contributed by atoms with van der Waals surface area (Å²) < 4.78 is 12.1. The lowest BCUT2D eigenvalue weighted by atomic mass is 9.68. The molecule has 9 bridgehead atoms. The normalized spacial score (nSPS) is 28.7. The lowest BCUT2D eigenvalue weighted by Crippen LogP contribution is -2.52. The number of phenolic OH excluding ortho intramolecular Hbond substituents is 1. The molecule has 8 atom stereocenters. The Morgan fingerprint density at radius 2 is 1.72 bits per heavy atom. The van der Waals surface area contributed by atoms with E-state index in [9.17, 15) is 35.1 Å². The summed E-state index contributed by atoms with van der Waals surface area (Å²) in [4.78, 5) is 41.5. The van der Waals surface area contributed by atoms with E-state index >= 15 is 4.79 Å². The number of phenols is 1. The molecule has 8 rings (SSSR count). The zero-order chi connectivity index (χ0) is 40.9. The van der Waals surface area contributed by atoms with Gasteiger partial charge in [-0.05, 0) is 115 Å². The standard InChI is InChI=1S/C47H51NO10/c1-25(50)23-48-36-14-27(24-49)13-31(16-36)29-5-6-30-21-45(54)57-43-22-41(52)34(18-38(30)43)20-44-47(2,56)35-8-10-40(51)33(15-35)12-26-3-4-28-7-9-37(39(17-29)46(55)58-44)42(53)19-32(28)11-26/h3-4,11,13-14,16,18,22,25,29-30,33,35,42,44,48-50,52-53,56H,7-10,12,15,17,19-21,23-24H2,1-2H3. The minimum atomic E-state index is -1.66. The highest BCUT2D eigenvalue weighted by Gasteiger charge is 2.47. The van der Waals surface area contributed by atoms with Gasteiger partial charge in [0.1, 0.15) is 29.0 Å². The maximum atomic E-state index is 15.1. The van der Waals surface area contributed by atoms with Crippen LogP contribution in [0.2, 0.25) is 0 Å². The monoisotopic (exact) mass is 789 g/mol. The highest BCUT2D eigenvalue weighted by molar-refractivity contribution is 5.90. The Bertz CT molecular complexity index is 2240. The maximum absolute atomic E-state index is 15.1. The van der Waals surface area contributed by atoms with Crippen LogP contribution in [0.4, 0.5) is 5.69 Å². The van der Waals surface area contributed by atoms with Gasteiger partial charge in [-0.15, -0.1) is 0 Å². The minimum Gasteiger partial charge on any atom is -0.508 e. The van der Waals surface area contributed by atoms with Crippen LogP contribution >= 0.6 is 0 Å². The number of benzene rings is 3. The third-order valence-electron chi connectivity index (χ3n) is 13.0. The molecule has 1 fully saturated rings. The summed E-state index contributed by atoms with van der Waals surface area (Å²) in [6.45, 7) is 3.26. The Morgan fingerprint density at radius 3 is 2.52 bits per heavy atom. The number of ketones is 1. The molecule has 0 amide bonds. The maximum Gasteiger partial charge on any atom is 0.334 e. The number of fused-ring (bicyclic) bond motifs is 9. The van der Waals surface area contributed by atoms with Crippen LogP contribution in [0.15, 0.2) is 59.7 Å². The van der Waals surface area contributed by atoms with Crippen molar-refractivity contribution in [1.29, 1.82) is 0 Å². The number of aryl methyl sites for hydroxylation is 1. The molecule has 6 N–H and O–H groups in total. The number of esters is 2. The number of Topliss-reactive ketones (excluding diaryl/α,β-unsaturated/α-hetero) is 1. The average molecular weight is 790 g/mol. The highest BCUT2D eigenvalue weighted by atomic mass is 16.6. The number of ether oxygens (including phenoxy) is 2. The zero-order valence-electron chi connectivity index (χ0n) is 32.9. The van der Waals surface area contributed by atoms with Crippen molar-refractivity contribution in [2.24, 2.45) is 11.8 Å². The zero-order valence-corrected chi connectivity index (χ0v) is 32.9. The number of anilines is 1. The number of nitrogens with one attached hydrogen (secondary N) is 1. The number of carbonyl (C=O) groups is 3. The molecule has 304 valence electrons. The van der Waals surface area contributed by atoms with Crippen molar-refractivity contribution in [3.05, 3.63) is 98.6 Å². The van der Waals surface area contributed by atoms with Crippen LogP contribution in [0.5, 0.6) is 11.5 Å². The molecule has 0 spiro atoms. The van der Waals surface area contributed by atoms with E-state index in [-0.39, 0.29) is 74.0 Å². The Balaban J connectivity index is 1.35. The van der Waals surface area contributed by atoms with E-state index in [0.717, 1.165) is 16.7 Å². The first-order valence-electron chi connectivity index (χ1n) is 20.5. The minimum absolute atomic E-state index is 0.00767. The van der Waals surface area contributed by atoms with E-state index in [0.29, 0.717) is 65.6 Å². The molecule has 11 heteroatoms. The molecule has 5 aliphatic rings. The van der Waals surface area contributed by atoms with Gasteiger partial charge in [-0.25, -0.2) is 4.79 Å². The predicted molar refractivity (Wildman–Crippen MR) is 214 cm³/mol. The molecule has 0 radical (unpaired) electrons. The van der Waals surface area contributed by atoms with Crippen LogP contribution in [-0.4, -0.2) is 73.7 Å². The molecular weight excluding hydrogens is 739 g/mol. The summed E-state index contributed by atoms with van der Waals surface area (Å²) in [5.74, 6) is 3.41. The van der Waals surface area contributed by atoms with E-state index in [4.69, 9.17) is 9.47 Å². The molecule has 0 aromatic heterocycles. The predicted octanol–water partition coefficient (Wildman–Crippen LogP) is 4.85. The van der Waals surface area contributed by atoms with E-state index in [2.05, 4.69) is 29.3 Å². The van der Waals surface area contributed by atoms with Crippen LogP contribution in [0.25, 0.3) is 0 Å². The van der Waals surface area contributed by atoms with Gasteiger partial charge in [-0.2, -0.15) is 0 Å². The summed E-state index contributed by atoms with van der Waals surface area (Å²) in [5.41, 5.74) is 4.85. The number of rotatable bonds is 5. The number of carbonyl (C=O) groups excluding carboxylic acids is 3. The van der Waals surface area contributed by atoms with E-state index in [1.807, 2.05) is 18.2 Å². The van der Waals surface area contributed by atoms with E-state index in [1.54, 1.807) is 26.0 Å². The molecule has 2 aliphatic carbocycles. The van der Waals surface area contributed by atoms with Crippen molar-refractivity contribution in [2.45, 2.75) is 120 Å². The Kier molecular flexibility index (Phi) is 11.0. The molecule has 0 saturated heterocycles. The fourth-order valence-corrected chi connectivity index (χ4v) is 9.62. The first kappa shape index (κ1) is 39.8. The number of hydrogen-bond donors (Lipinski definition) is 6. The van der Waals surface area contributed by atoms with Gasteiger partial charge in [0, 0.05) is 60.5 Å². The average Bonchev–Trinajstić information content (AvgIpc) is 3.34. The fourth-order valence-electron chi connectivity index (χ4n) is 9.62. The van der Waals surface area contributed by atoms with Gasteiger partial charge in [-0.3, -0.25) is 9.59 Å². The lowest BCUT2D eigenvalue weighted by Gasteiger charge is -2.42. The van der Waals surface area contributed by atoms with Gasteiger partial charge in [0.15, 0.2) is 0 Å². The second kappa shape index (κ2) is 16.0. The highest BCUT2D eigenvalue weighted by Crippen LogP contribution is 2.44. The van der Waals surface area contributed by atoms with E-state index < -0.39 is 53.6 Å². The molecule has 3 aromatic rings. The molecular formula is C47H51NO10. The first-order chi connectivity index (χ1) is 27.7.